The molecule has 1 atom stereocenters. The van der Waals surface area contributed by atoms with Crippen LogP contribution in [-0.4, -0.2) is 15.1 Å². The predicted molar refractivity (Wildman–Crippen MR) is 121 cm³/mol. The summed E-state index contributed by atoms with van der Waals surface area (Å²) in [6.45, 7) is 4.26. The molecule has 0 saturated carbocycles. The molecular formula is C24H23BrN4O. The number of nitrogens with zero attached hydrogens (tertiary/aromatic N) is 3. The number of hydrogen-bond acceptors (Lipinski definition) is 5. The third kappa shape index (κ3) is 4.60. The summed E-state index contributed by atoms with van der Waals surface area (Å²) < 4.78 is 6.74. The van der Waals surface area contributed by atoms with E-state index in [-0.39, 0.29) is 5.92 Å². The van der Waals surface area contributed by atoms with E-state index in [4.69, 9.17) is 15.2 Å². The van der Waals surface area contributed by atoms with E-state index in [1.54, 1.807) is 6.20 Å². The van der Waals surface area contributed by atoms with E-state index in [0.29, 0.717) is 24.0 Å². The topological polar surface area (TPSA) is 77.8 Å². The van der Waals surface area contributed by atoms with Gasteiger partial charge < -0.3 is 10.3 Å². The van der Waals surface area contributed by atoms with E-state index in [1.165, 1.54) is 16.7 Å². The fourth-order valence-corrected chi connectivity index (χ4v) is 3.91. The Morgan fingerprint density at radius 2 is 1.90 bits per heavy atom. The van der Waals surface area contributed by atoms with Crippen LogP contribution in [-0.2, 0) is 12.8 Å². The van der Waals surface area contributed by atoms with Crippen molar-refractivity contribution < 1.29 is 4.52 Å². The maximum absolute atomic E-state index is 5.97. The Hall–Kier alpha value is -2.99. The molecule has 152 valence electrons. The molecule has 0 saturated heterocycles. The molecule has 0 bridgehead atoms. The van der Waals surface area contributed by atoms with E-state index in [9.17, 15) is 0 Å². The van der Waals surface area contributed by atoms with Crippen molar-refractivity contribution in [3.8, 4) is 0 Å². The van der Waals surface area contributed by atoms with Gasteiger partial charge in [-0.1, -0.05) is 57.5 Å². The number of rotatable bonds is 6. The maximum Gasteiger partial charge on any atom is 0.234 e. The molecule has 2 aromatic carbocycles. The molecule has 0 aliphatic heterocycles. The number of aromatic nitrogens is 3. The Bertz CT molecular complexity index is 1170. The van der Waals surface area contributed by atoms with Gasteiger partial charge in [-0.05, 0) is 60.7 Å². The summed E-state index contributed by atoms with van der Waals surface area (Å²) in [4.78, 5) is 8.84. The van der Waals surface area contributed by atoms with Crippen molar-refractivity contribution in [2.75, 3.05) is 5.73 Å². The summed E-state index contributed by atoms with van der Waals surface area (Å²) >= 11 is 3.58. The van der Waals surface area contributed by atoms with Crippen molar-refractivity contribution in [1.82, 2.24) is 15.1 Å². The van der Waals surface area contributed by atoms with Crippen molar-refractivity contribution in [3.05, 3.63) is 105 Å². The highest BCUT2D eigenvalue weighted by Crippen LogP contribution is 2.30. The van der Waals surface area contributed by atoms with Crippen molar-refractivity contribution in [2.45, 2.75) is 32.6 Å². The Labute approximate surface area is 184 Å². The van der Waals surface area contributed by atoms with E-state index in [0.717, 1.165) is 22.0 Å². The van der Waals surface area contributed by atoms with Crippen LogP contribution >= 0.6 is 15.9 Å². The summed E-state index contributed by atoms with van der Waals surface area (Å²) in [5, 5.41) is 4.21. The Morgan fingerprint density at radius 1 is 1.03 bits per heavy atom. The molecule has 0 aliphatic rings. The monoisotopic (exact) mass is 462 g/mol. The van der Waals surface area contributed by atoms with E-state index >= 15 is 0 Å². The lowest BCUT2D eigenvalue weighted by atomic mass is 9.90. The van der Waals surface area contributed by atoms with Gasteiger partial charge in [0.2, 0.25) is 5.89 Å². The van der Waals surface area contributed by atoms with Crippen LogP contribution in [0.15, 0.2) is 69.8 Å². The molecule has 2 aromatic heterocycles. The second-order valence-electron chi connectivity index (χ2n) is 7.50. The molecule has 6 heteroatoms. The molecule has 0 aliphatic carbocycles. The average molecular weight is 463 g/mol. The van der Waals surface area contributed by atoms with E-state index in [1.807, 2.05) is 24.3 Å². The van der Waals surface area contributed by atoms with Crippen molar-refractivity contribution in [3.63, 3.8) is 0 Å². The zero-order valence-electron chi connectivity index (χ0n) is 17.0. The number of halogens is 1. The summed E-state index contributed by atoms with van der Waals surface area (Å²) in [7, 11) is 0. The fraction of sp³-hybridized carbons (Fsp3) is 0.208. The summed E-state index contributed by atoms with van der Waals surface area (Å²) in [5.74, 6) is 1.65. The van der Waals surface area contributed by atoms with Gasteiger partial charge in [0.25, 0.3) is 0 Å². The van der Waals surface area contributed by atoms with Gasteiger partial charge in [0.05, 0.1) is 5.92 Å². The van der Waals surface area contributed by atoms with Crippen LogP contribution in [0.4, 0.5) is 5.82 Å². The minimum absolute atomic E-state index is 0.0444. The number of aryl methyl sites for hydroxylation is 2. The minimum Gasteiger partial charge on any atom is -0.383 e. The van der Waals surface area contributed by atoms with Gasteiger partial charge in [-0.15, -0.1) is 0 Å². The molecule has 0 amide bonds. The van der Waals surface area contributed by atoms with Gasteiger partial charge in [0.15, 0.2) is 5.82 Å². The normalized spacial score (nSPS) is 12.1. The van der Waals surface area contributed by atoms with E-state index in [2.05, 4.69) is 70.2 Å². The summed E-state index contributed by atoms with van der Waals surface area (Å²) in [5.41, 5.74) is 11.8. The van der Waals surface area contributed by atoms with Crippen molar-refractivity contribution in [2.24, 2.45) is 0 Å². The van der Waals surface area contributed by atoms with Gasteiger partial charge in [0.1, 0.15) is 5.82 Å². The summed E-state index contributed by atoms with van der Waals surface area (Å²) in [6.07, 6.45) is 2.93. The lowest BCUT2D eigenvalue weighted by molar-refractivity contribution is 0.360. The predicted octanol–water partition coefficient (Wildman–Crippen LogP) is 5.39. The van der Waals surface area contributed by atoms with Crippen LogP contribution in [0.2, 0.25) is 0 Å². The molecule has 4 rings (SSSR count). The Kier molecular flexibility index (Phi) is 5.95. The molecule has 1 unspecified atom stereocenters. The van der Waals surface area contributed by atoms with Gasteiger partial charge in [-0.3, -0.25) is 0 Å². The zero-order valence-corrected chi connectivity index (χ0v) is 18.6. The standard InChI is InChI=1S/C24H23BrN4O/c1-15-8-9-17(11-16(15)2)12-21(18-5-3-7-20(25)13-18)24-28-22(29-30-24)14-19-6-4-10-27-23(19)26/h3-11,13,21H,12,14H2,1-2H3,(H2,26,27). The lowest BCUT2D eigenvalue weighted by Gasteiger charge is -2.15. The Balaban J connectivity index is 1.66. The number of benzene rings is 2. The second-order valence-corrected chi connectivity index (χ2v) is 8.42. The molecule has 30 heavy (non-hydrogen) atoms. The smallest absolute Gasteiger partial charge is 0.234 e. The van der Waals surface area contributed by atoms with Gasteiger partial charge >= 0.3 is 0 Å². The zero-order chi connectivity index (χ0) is 21.1. The first-order valence-corrected chi connectivity index (χ1v) is 10.6. The number of hydrogen-bond donors (Lipinski definition) is 1. The summed E-state index contributed by atoms with van der Waals surface area (Å²) in [6, 6.07) is 18.6. The first kappa shape index (κ1) is 20.3. The third-order valence-corrected chi connectivity index (χ3v) is 5.81. The molecule has 0 spiro atoms. The van der Waals surface area contributed by atoms with Crippen LogP contribution in [0.1, 0.15) is 45.5 Å². The highest BCUT2D eigenvalue weighted by atomic mass is 79.9. The number of nitrogen functional groups attached to an aromatic ring is 1. The quantitative estimate of drug-likeness (QED) is 0.415. The molecule has 4 aromatic rings. The van der Waals surface area contributed by atoms with Crippen LogP contribution in [0.3, 0.4) is 0 Å². The molecule has 2 N–H and O–H groups in total. The van der Waals surface area contributed by atoms with Gasteiger partial charge in [0, 0.05) is 22.7 Å². The van der Waals surface area contributed by atoms with Crippen molar-refractivity contribution in [1.29, 1.82) is 0 Å². The molecule has 5 nitrogen and oxygen atoms in total. The first-order valence-electron chi connectivity index (χ1n) is 9.83. The van der Waals surface area contributed by atoms with Crippen LogP contribution in [0.5, 0.6) is 0 Å². The van der Waals surface area contributed by atoms with Crippen LogP contribution in [0, 0.1) is 13.8 Å². The lowest BCUT2D eigenvalue weighted by Crippen LogP contribution is -2.07. The maximum atomic E-state index is 5.97. The van der Waals surface area contributed by atoms with Crippen LogP contribution in [0.25, 0.3) is 0 Å². The molecule has 0 radical (unpaired) electrons. The third-order valence-electron chi connectivity index (χ3n) is 5.32. The number of nitrogens with two attached hydrogens (primary N) is 1. The number of pyridine rings is 1. The molecule has 0 fully saturated rings. The van der Waals surface area contributed by atoms with Gasteiger partial charge in [-0.2, -0.15) is 4.98 Å². The first-order chi connectivity index (χ1) is 14.5. The highest BCUT2D eigenvalue weighted by molar-refractivity contribution is 9.10. The van der Waals surface area contributed by atoms with E-state index < -0.39 is 0 Å². The molecule has 2 heterocycles. The SMILES string of the molecule is Cc1ccc(CC(c2cccc(Br)c2)c2nc(Cc3cccnc3N)no2)cc1C. The minimum atomic E-state index is -0.0444. The molecular weight excluding hydrogens is 440 g/mol. The highest BCUT2D eigenvalue weighted by Gasteiger charge is 2.23. The van der Waals surface area contributed by atoms with Crippen LogP contribution < -0.4 is 5.73 Å². The second kappa shape index (κ2) is 8.79. The fourth-order valence-electron chi connectivity index (χ4n) is 3.49. The Morgan fingerprint density at radius 3 is 2.67 bits per heavy atom. The van der Waals surface area contributed by atoms with Gasteiger partial charge in [-0.25, -0.2) is 4.98 Å². The largest absolute Gasteiger partial charge is 0.383 e. The average Bonchev–Trinajstić information content (AvgIpc) is 3.19. The number of anilines is 1. The van der Waals surface area contributed by atoms with Crippen molar-refractivity contribution >= 4 is 21.7 Å².